The zero-order valence-corrected chi connectivity index (χ0v) is 33.5. The van der Waals surface area contributed by atoms with Gasteiger partial charge in [-0.3, -0.25) is 38.4 Å². The van der Waals surface area contributed by atoms with Crippen molar-refractivity contribution in [1.82, 2.24) is 42.5 Å². The Morgan fingerprint density at radius 1 is 0.491 bits per heavy atom. The second-order valence-electron chi connectivity index (χ2n) is 14.7. The smallest absolute Gasteiger partial charge is 0.326 e. The van der Waals surface area contributed by atoms with Gasteiger partial charge in [-0.15, -0.1) is 0 Å². The van der Waals surface area contributed by atoms with E-state index in [9.17, 15) is 48.3 Å². The number of unbranched alkanes of at least 4 members (excludes halogenated alkanes) is 1. The molecule has 314 valence electrons. The lowest BCUT2D eigenvalue weighted by molar-refractivity contribution is -0.142. The molecule has 6 atom stereocenters. The van der Waals surface area contributed by atoms with Crippen LogP contribution in [-0.4, -0.2) is 121 Å². The number of hydrogen-bond donors (Lipinski definition) is 11. The van der Waals surface area contributed by atoms with Gasteiger partial charge >= 0.3 is 5.97 Å². The molecule has 20 heteroatoms. The number of carboxylic acids is 1. The summed E-state index contributed by atoms with van der Waals surface area (Å²) in [7, 11) is 0. The molecule has 0 aromatic carbocycles. The fourth-order valence-corrected chi connectivity index (χ4v) is 4.85. The Balaban J connectivity index is 5.11. The SMILES string of the molecule is CC(C)[C@H](N)C(=O)N[C@H](C(=O)NCC(=O)N[C@@H](C)C(=O)N[C@H](C(=O)NCC(=O)N[C@H](C(=O)NCC(=O)N[C@@H](CCCCN)C(=O)O)C(C)C)C(C)C)C(C)C. The fourth-order valence-electron chi connectivity index (χ4n) is 4.85. The topological polar surface area (TPSA) is 322 Å². The van der Waals surface area contributed by atoms with Crippen LogP contribution in [-0.2, 0) is 43.2 Å². The molecule has 0 spiro atoms. The van der Waals surface area contributed by atoms with Crippen molar-refractivity contribution in [2.24, 2.45) is 35.1 Å². The monoisotopic (exact) mass is 784 g/mol. The maximum Gasteiger partial charge on any atom is 0.326 e. The second kappa shape index (κ2) is 25.3. The largest absolute Gasteiger partial charge is 0.480 e. The van der Waals surface area contributed by atoms with Crippen LogP contribution < -0.4 is 54.0 Å². The van der Waals surface area contributed by atoms with Crippen LogP contribution >= 0.6 is 0 Å². The van der Waals surface area contributed by atoms with E-state index in [1.54, 1.807) is 55.4 Å². The summed E-state index contributed by atoms with van der Waals surface area (Å²) in [4.78, 5) is 113. The first-order valence-corrected chi connectivity index (χ1v) is 18.5. The Morgan fingerprint density at radius 2 is 0.873 bits per heavy atom. The summed E-state index contributed by atoms with van der Waals surface area (Å²) in [6.07, 6.45) is 1.24. The van der Waals surface area contributed by atoms with Gasteiger partial charge in [0.15, 0.2) is 0 Å². The molecule has 0 radical (unpaired) electrons. The molecule has 0 rings (SSSR count). The van der Waals surface area contributed by atoms with Gasteiger partial charge in [0.25, 0.3) is 0 Å². The molecule has 0 aromatic rings. The van der Waals surface area contributed by atoms with Crippen molar-refractivity contribution in [2.75, 3.05) is 26.2 Å². The number of nitrogens with one attached hydrogen (secondary N) is 8. The van der Waals surface area contributed by atoms with Crippen LogP contribution in [0.4, 0.5) is 0 Å². The normalized spacial score (nSPS) is 14.5. The highest BCUT2D eigenvalue weighted by atomic mass is 16.4. The van der Waals surface area contributed by atoms with E-state index < -0.39 is 121 Å². The Hall–Kier alpha value is -4.85. The van der Waals surface area contributed by atoms with Crippen molar-refractivity contribution in [1.29, 1.82) is 0 Å². The summed E-state index contributed by atoms with van der Waals surface area (Å²) in [5, 5.41) is 29.0. The van der Waals surface area contributed by atoms with E-state index in [1.807, 2.05) is 0 Å². The predicted octanol–water partition coefficient (Wildman–Crippen LogP) is -3.06. The van der Waals surface area contributed by atoms with E-state index in [0.717, 1.165) is 0 Å². The predicted molar refractivity (Wildman–Crippen MR) is 202 cm³/mol. The second-order valence-corrected chi connectivity index (χ2v) is 14.7. The van der Waals surface area contributed by atoms with Crippen LogP contribution in [0.1, 0.15) is 81.6 Å². The van der Waals surface area contributed by atoms with Crippen molar-refractivity contribution < 1.29 is 48.3 Å². The van der Waals surface area contributed by atoms with E-state index in [2.05, 4.69) is 42.5 Å². The summed E-state index contributed by atoms with van der Waals surface area (Å²) < 4.78 is 0. The molecular formula is C35H64N10O10. The van der Waals surface area contributed by atoms with Crippen LogP contribution in [0.5, 0.6) is 0 Å². The van der Waals surface area contributed by atoms with Crippen molar-refractivity contribution in [3.8, 4) is 0 Å². The summed E-state index contributed by atoms with van der Waals surface area (Å²) in [5.41, 5.74) is 11.3. The fraction of sp³-hybridized carbons (Fsp3) is 0.743. The summed E-state index contributed by atoms with van der Waals surface area (Å²) in [6.45, 7) is 13.7. The lowest BCUT2D eigenvalue weighted by atomic mass is 10.0. The Morgan fingerprint density at radius 3 is 1.25 bits per heavy atom. The molecule has 0 fully saturated rings. The van der Waals surface area contributed by atoms with Crippen molar-refractivity contribution in [3.05, 3.63) is 0 Å². The van der Waals surface area contributed by atoms with Gasteiger partial charge in [0.05, 0.1) is 25.7 Å². The highest BCUT2D eigenvalue weighted by Crippen LogP contribution is 2.07. The average Bonchev–Trinajstić information content (AvgIpc) is 3.10. The van der Waals surface area contributed by atoms with E-state index in [1.165, 1.54) is 6.92 Å². The van der Waals surface area contributed by atoms with Gasteiger partial charge in [-0.25, -0.2) is 4.79 Å². The van der Waals surface area contributed by atoms with Crippen LogP contribution in [0.25, 0.3) is 0 Å². The minimum Gasteiger partial charge on any atom is -0.480 e. The van der Waals surface area contributed by atoms with Crippen LogP contribution in [0, 0.1) is 23.7 Å². The molecule has 0 unspecified atom stereocenters. The molecule has 0 bridgehead atoms. The third kappa shape index (κ3) is 19.3. The number of nitrogens with two attached hydrogens (primary N) is 2. The molecule has 55 heavy (non-hydrogen) atoms. The summed E-state index contributed by atoms with van der Waals surface area (Å²) >= 11 is 0. The highest BCUT2D eigenvalue weighted by Gasteiger charge is 2.31. The first kappa shape index (κ1) is 50.1. The maximum atomic E-state index is 13.0. The zero-order chi connectivity index (χ0) is 42.6. The van der Waals surface area contributed by atoms with Gasteiger partial charge in [0.1, 0.15) is 30.2 Å². The third-order valence-corrected chi connectivity index (χ3v) is 8.40. The lowest BCUT2D eigenvalue weighted by Crippen LogP contribution is -2.58. The van der Waals surface area contributed by atoms with E-state index >= 15 is 0 Å². The Kier molecular flexibility index (Phi) is 23.0. The molecule has 13 N–H and O–H groups in total. The number of hydrogen-bond acceptors (Lipinski definition) is 11. The van der Waals surface area contributed by atoms with E-state index in [4.69, 9.17) is 11.5 Å². The van der Waals surface area contributed by atoms with Gasteiger partial charge in [-0.05, 0) is 56.4 Å². The third-order valence-electron chi connectivity index (χ3n) is 8.40. The molecule has 0 saturated heterocycles. The van der Waals surface area contributed by atoms with Gasteiger partial charge in [-0.2, -0.15) is 0 Å². The first-order valence-electron chi connectivity index (χ1n) is 18.5. The van der Waals surface area contributed by atoms with E-state index in [0.29, 0.717) is 19.4 Å². The molecule has 8 amide bonds. The van der Waals surface area contributed by atoms with Crippen LogP contribution in [0.15, 0.2) is 0 Å². The Labute approximate surface area is 322 Å². The van der Waals surface area contributed by atoms with Gasteiger partial charge in [-0.1, -0.05) is 55.4 Å². The number of carbonyl (C=O) groups is 9. The maximum absolute atomic E-state index is 13.0. The lowest BCUT2D eigenvalue weighted by Gasteiger charge is -2.25. The summed E-state index contributed by atoms with van der Waals surface area (Å²) in [6, 6.07) is -6.30. The molecule has 0 saturated carbocycles. The zero-order valence-electron chi connectivity index (χ0n) is 33.5. The van der Waals surface area contributed by atoms with Gasteiger partial charge in [0.2, 0.25) is 47.3 Å². The van der Waals surface area contributed by atoms with Crippen molar-refractivity contribution in [2.45, 2.75) is 118 Å². The van der Waals surface area contributed by atoms with Gasteiger partial charge in [0, 0.05) is 0 Å². The van der Waals surface area contributed by atoms with E-state index in [-0.39, 0.29) is 18.3 Å². The van der Waals surface area contributed by atoms with Crippen molar-refractivity contribution in [3.63, 3.8) is 0 Å². The standard InChI is InChI=1S/C35H64N10O10/c1-17(2)26(37)31(50)45-29(20(7)8)34(53)38-14-23(46)41-21(9)30(49)44-28(19(5)6)33(52)40-16-25(48)43-27(18(3)4)32(51)39-15-24(47)42-22(35(54)55)12-10-11-13-36/h17-22,26-29H,10-16,36-37H2,1-9H3,(H,38,53)(H,39,51)(H,40,52)(H,41,46)(H,42,47)(H,43,48)(H,44,49)(H,45,50)(H,54,55)/t21-,22-,26-,27-,28-,29-/m0/s1. The van der Waals surface area contributed by atoms with Gasteiger partial charge < -0.3 is 59.1 Å². The van der Waals surface area contributed by atoms with Crippen LogP contribution in [0.2, 0.25) is 0 Å². The molecule has 0 aliphatic heterocycles. The molecule has 0 aromatic heterocycles. The molecular weight excluding hydrogens is 720 g/mol. The highest BCUT2D eigenvalue weighted by molar-refractivity contribution is 5.96. The number of carboxylic acid groups (broad SMARTS) is 1. The molecule has 0 aliphatic rings. The number of rotatable bonds is 25. The van der Waals surface area contributed by atoms with Crippen molar-refractivity contribution >= 4 is 53.2 Å². The average molecular weight is 785 g/mol. The quantitative estimate of drug-likeness (QED) is 0.0412. The first-order chi connectivity index (χ1) is 25.5. The van der Waals surface area contributed by atoms with Crippen LogP contribution in [0.3, 0.4) is 0 Å². The summed E-state index contributed by atoms with van der Waals surface area (Å²) in [5.74, 6) is -8.05. The molecule has 20 nitrogen and oxygen atoms in total. The minimum absolute atomic E-state index is 0.159. The molecule has 0 heterocycles. The number of amides is 8. The number of aliphatic carboxylic acids is 1. The minimum atomic E-state index is -1.22. The number of carbonyl (C=O) groups excluding carboxylic acids is 8. The Bertz CT molecular complexity index is 1340. The molecule has 0 aliphatic carbocycles.